The van der Waals surface area contributed by atoms with E-state index in [0.717, 1.165) is 37.3 Å². The molecule has 2 aromatic carbocycles. The third-order valence-electron chi connectivity index (χ3n) is 5.16. The monoisotopic (exact) mass is 463 g/mol. The molecule has 3 N–H and O–H groups in total. The Balaban J connectivity index is 1.69. The summed E-state index contributed by atoms with van der Waals surface area (Å²) in [6.45, 7) is 4.67. The standard InChI is InChI=1S/C24H37N3O6/c1-28-19-9-7-17(21(30-3)23(19)32-5)15-26-13-11-25-12-14-27-16-18-8-10-20(29-2)24(33-6)22(18)31-4/h7-10,25-27H,11-16H2,1-6H3. The molecule has 0 aliphatic carbocycles. The van der Waals surface area contributed by atoms with E-state index in [1.165, 1.54) is 0 Å². The highest BCUT2D eigenvalue weighted by Crippen LogP contribution is 2.40. The first-order chi connectivity index (χ1) is 16.1. The van der Waals surface area contributed by atoms with E-state index in [1.54, 1.807) is 42.7 Å². The van der Waals surface area contributed by atoms with Crippen LogP contribution in [0.2, 0.25) is 0 Å². The molecule has 2 rings (SSSR count). The second-order valence-corrected chi connectivity index (χ2v) is 7.09. The molecule has 9 nitrogen and oxygen atoms in total. The Morgan fingerprint density at radius 2 is 0.818 bits per heavy atom. The van der Waals surface area contributed by atoms with Gasteiger partial charge in [-0.2, -0.15) is 0 Å². The second-order valence-electron chi connectivity index (χ2n) is 7.09. The molecule has 0 atom stereocenters. The van der Waals surface area contributed by atoms with Crippen LogP contribution in [0.25, 0.3) is 0 Å². The van der Waals surface area contributed by atoms with Gasteiger partial charge in [-0.3, -0.25) is 0 Å². The summed E-state index contributed by atoms with van der Waals surface area (Å²) in [5, 5.41) is 10.3. The van der Waals surface area contributed by atoms with Crippen molar-refractivity contribution in [3.63, 3.8) is 0 Å². The average molecular weight is 464 g/mol. The Morgan fingerprint density at radius 1 is 0.455 bits per heavy atom. The van der Waals surface area contributed by atoms with Crippen LogP contribution in [0.3, 0.4) is 0 Å². The quantitative estimate of drug-likeness (QED) is 0.324. The minimum Gasteiger partial charge on any atom is -0.493 e. The number of rotatable bonds is 16. The number of methoxy groups -OCH3 is 6. The summed E-state index contributed by atoms with van der Waals surface area (Å²) in [5.74, 6) is 3.89. The average Bonchev–Trinajstić information content (AvgIpc) is 2.86. The third kappa shape index (κ3) is 7.05. The molecule has 0 aromatic heterocycles. The van der Waals surface area contributed by atoms with Crippen molar-refractivity contribution >= 4 is 0 Å². The lowest BCUT2D eigenvalue weighted by Crippen LogP contribution is -2.32. The molecule has 0 bridgehead atoms. The van der Waals surface area contributed by atoms with Crippen molar-refractivity contribution in [2.24, 2.45) is 0 Å². The van der Waals surface area contributed by atoms with Gasteiger partial charge in [0.2, 0.25) is 11.5 Å². The van der Waals surface area contributed by atoms with Gasteiger partial charge in [0, 0.05) is 50.4 Å². The Hall–Kier alpha value is -2.88. The zero-order chi connectivity index (χ0) is 24.1. The van der Waals surface area contributed by atoms with Gasteiger partial charge >= 0.3 is 0 Å². The molecule has 9 heteroatoms. The van der Waals surface area contributed by atoms with E-state index in [2.05, 4.69) is 16.0 Å². The van der Waals surface area contributed by atoms with Crippen LogP contribution in [0.1, 0.15) is 11.1 Å². The van der Waals surface area contributed by atoms with Gasteiger partial charge in [0.05, 0.1) is 42.7 Å². The molecule has 0 fully saturated rings. The number of hydrogen-bond donors (Lipinski definition) is 3. The van der Waals surface area contributed by atoms with Crippen molar-refractivity contribution in [1.82, 2.24) is 16.0 Å². The van der Waals surface area contributed by atoms with Crippen molar-refractivity contribution in [2.45, 2.75) is 13.1 Å². The van der Waals surface area contributed by atoms with E-state index in [1.807, 2.05) is 24.3 Å². The zero-order valence-corrected chi connectivity index (χ0v) is 20.5. The fraction of sp³-hybridized carbons (Fsp3) is 0.500. The molecule has 0 saturated heterocycles. The largest absolute Gasteiger partial charge is 0.493 e. The van der Waals surface area contributed by atoms with Crippen molar-refractivity contribution in [1.29, 1.82) is 0 Å². The van der Waals surface area contributed by atoms with Crippen LogP contribution in [-0.2, 0) is 13.1 Å². The van der Waals surface area contributed by atoms with Gasteiger partial charge in [0.1, 0.15) is 0 Å². The van der Waals surface area contributed by atoms with Gasteiger partial charge < -0.3 is 44.4 Å². The first kappa shape index (κ1) is 26.4. The van der Waals surface area contributed by atoms with Crippen LogP contribution in [0.5, 0.6) is 34.5 Å². The first-order valence-electron chi connectivity index (χ1n) is 10.8. The molecular formula is C24H37N3O6. The lowest BCUT2D eigenvalue weighted by atomic mass is 10.1. The Bertz CT molecular complexity index is 793. The molecule has 184 valence electrons. The summed E-state index contributed by atoms with van der Waals surface area (Å²) < 4.78 is 32.6. The smallest absolute Gasteiger partial charge is 0.203 e. The first-order valence-corrected chi connectivity index (χ1v) is 10.8. The summed E-state index contributed by atoms with van der Waals surface area (Å²) in [6.07, 6.45) is 0. The van der Waals surface area contributed by atoms with E-state index in [-0.39, 0.29) is 0 Å². The molecule has 2 aromatic rings. The summed E-state index contributed by atoms with van der Waals surface area (Å²) in [5.41, 5.74) is 2.03. The predicted molar refractivity (Wildman–Crippen MR) is 128 cm³/mol. The number of ether oxygens (including phenoxy) is 6. The molecular weight excluding hydrogens is 426 g/mol. The fourth-order valence-electron chi connectivity index (χ4n) is 3.53. The fourth-order valence-corrected chi connectivity index (χ4v) is 3.53. The highest BCUT2D eigenvalue weighted by Gasteiger charge is 2.16. The second kappa shape index (κ2) is 14.3. The number of hydrogen-bond acceptors (Lipinski definition) is 9. The Morgan fingerprint density at radius 3 is 1.15 bits per heavy atom. The molecule has 0 radical (unpaired) electrons. The van der Waals surface area contributed by atoms with E-state index in [9.17, 15) is 0 Å². The van der Waals surface area contributed by atoms with Crippen LogP contribution in [0.15, 0.2) is 24.3 Å². The highest BCUT2D eigenvalue weighted by atomic mass is 16.5. The maximum atomic E-state index is 5.52. The lowest BCUT2D eigenvalue weighted by Gasteiger charge is -2.16. The SMILES string of the molecule is COc1ccc(CNCCNCCNCc2ccc(OC)c(OC)c2OC)c(OC)c1OC. The van der Waals surface area contributed by atoms with E-state index in [4.69, 9.17) is 28.4 Å². The normalized spacial score (nSPS) is 10.6. The minimum atomic E-state index is 0.606. The van der Waals surface area contributed by atoms with Gasteiger partial charge in [-0.05, 0) is 12.1 Å². The topological polar surface area (TPSA) is 91.5 Å². The molecule has 33 heavy (non-hydrogen) atoms. The summed E-state index contributed by atoms with van der Waals surface area (Å²) >= 11 is 0. The summed E-state index contributed by atoms with van der Waals surface area (Å²) in [4.78, 5) is 0. The van der Waals surface area contributed by atoms with Gasteiger partial charge in [-0.1, -0.05) is 12.1 Å². The molecule has 0 spiro atoms. The summed E-state index contributed by atoms with van der Waals surface area (Å²) in [7, 11) is 9.70. The third-order valence-corrected chi connectivity index (χ3v) is 5.16. The molecule has 0 amide bonds. The van der Waals surface area contributed by atoms with Crippen LogP contribution in [0, 0.1) is 0 Å². The van der Waals surface area contributed by atoms with Crippen LogP contribution < -0.4 is 44.4 Å². The summed E-state index contributed by atoms with van der Waals surface area (Å²) in [6, 6.07) is 7.73. The van der Waals surface area contributed by atoms with Gasteiger partial charge in [0.15, 0.2) is 23.0 Å². The van der Waals surface area contributed by atoms with E-state index < -0.39 is 0 Å². The van der Waals surface area contributed by atoms with Crippen molar-refractivity contribution < 1.29 is 28.4 Å². The van der Waals surface area contributed by atoms with Crippen molar-refractivity contribution in [2.75, 3.05) is 68.8 Å². The minimum absolute atomic E-state index is 0.606. The molecule has 0 heterocycles. The molecule has 0 aliphatic rings. The van der Waals surface area contributed by atoms with Crippen LogP contribution in [-0.4, -0.2) is 68.8 Å². The maximum Gasteiger partial charge on any atom is 0.203 e. The lowest BCUT2D eigenvalue weighted by molar-refractivity contribution is 0.321. The van der Waals surface area contributed by atoms with Gasteiger partial charge in [-0.25, -0.2) is 0 Å². The predicted octanol–water partition coefficient (Wildman–Crippen LogP) is 2.21. The number of benzene rings is 2. The van der Waals surface area contributed by atoms with Crippen molar-refractivity contribution in [3.05, 3.63) is 35.4 Å². The van der Waals surface area contributed by atoms with E-state index >= 15 is 0 Å². The maximum absolute atomic E-state index is 5.52. The van der Waals surface area contributed by atoms with Crippen molar-refractivity contribution in [3.8, 4) is 34.5 Å². The number of nitrogens with one attached hydrogen (secondary N) is 3. The molecule has 0 saturated carbocycles. The van der Waals surface area contributed by atoms with Crippen LogP contribution in [0.4, 0.5) is 0 Å². The molecule has 0 aliphatic heterocycles. The highest BCUT2D eigenvalue weighted by molar-refractivity contribution is 5.56. The Labute approximate surface area is 196 Å². The Kier molecular flexibility index (Phi) is 11.4. The van der Waals surface area contributed by atoms with Gasteiger partial charge in [-0.15, -0.1) is 0 Å². The van der Waals surface area contributed by atoms with Gasteiger partial charge in [0.25, 0.3) is 0 Å². The molecule has 0 unspecified atom stereocenters. The zero-order valence-electron chi connectivity index (χ0n) is 20.5. The van der Waals surface area contributed by atoms with E-state index in [0.29, 0.717) is 47.6 Å². The van der Waals surface area contributed by atoms with Crippen LogP contribution >= 0.6 is 0 Å².